The van der Waals surface area contributed by atoms with Crippen molar-refractivity contribution in [1.82, 2.24) is 5.32 Å². The van der Waals surface area contributed by atoms with Crippen LogP contribution in [0.1, 0.15) is 24.2 Å². The molecular formula is C13H15BrClNO3. The van der Waals surface area contributed by atoms with Gasteiger partial charge in [0.05, 0.1) is 17.2 Å². The van der Waals surface area contributed by atoms with E-state index in [1.54, 1.807) is 18.2 Å². The van der Waals surface area contributed by atoms with E-state index in [4.69, 9.17) is 21.1 Å². The van der Waals surface area contributed by atoms with Gasteiger partial charge < -0.3 is 14.8 Å². The molecule has 1 saturated heterocycles. The number of hydrogen-bond donors (Lipinski definition) is 1. The Morgan fingerprint density at radius 2 is 2.32 bits per heavy atom. The zero-order valence-electron chi connectivity index (χ0n) is 10.7. The molecule has 1 aromatic carbocycles. The lowest BCUT2D eigenvalue weighted by Gasteiger charge is -2.17. The predicted octanol–water partition coefficient (Wildman–Crippen LogP) is 2.98. The predicted molar refractivity (Wildman–Crippen MR) is 76.4 cm³/mol. The van der Waals surface area contributed by atoms with Crippen molar-refractivity contribution >= 4 is 33.4 Å². The first kappa shape index (κ1) is 14.8. The molecule has 104 valence electrons. The van der Waals surface area contributed by atoms with Gasteiger partial charge in [0, 0.05) is 11.0 Å². The third-order valence-electron chi connectivity index (χ3n) is 2.73. The molecule has 4 nitrogen and oxygen atoms in total. The fraction of sp³-hybridized carbons (Fsp3) is 0.462. The highest BCUT2D eigenvalue weighted by Crippen LogP contribution is 2.23. The van der Waals surface area contributed by atoms with Crippen LogP contribution >= 0.6 is 27.5 Å². The van der Waals surface area contributed by atoms with E-state index in [0.717, 1.165) is 4.47 Å². The summed E-state index contributed by atoms with van der Waals surface area (Å²) in [7, 11) is 0. The first-order valence-electron chi connectivity index (χ1n) is 5.92. The van der Waals surface area contributed by atoms with Crippen LogP contribution in [0.2, 0.25) is 5.02 Å². The van der Waals surface area contributed by atoms with E-state index in [9.17, 15) is 4.79 Å². The molecule has 6 heteroatoms. The molecule has 0 aliphatic carbocycles. The number of hydrogen-bond acceptors (Lipinski definition) is 3. The summed E-state index contributed by atoms with van der Waals surface area (Å²) in [4.78, 5) is 12.0. The maximum absolute atomic E-state index is 12.0. The first-order chi connectivity index (χ1) is 8.87. The van der Waals surface area contributed by atoms with Gasteiger partial charge in [-0.25, -0.2) is 0 Å². The SMILES string of the molecule is CC1(C)OCC(CNC(=O)c2cc(Br)ccc2Cl)O1. The van der Waals surface area contributed by atoms with Gasteiger partial charge in [0.15, 0.2) is 5.79 Å². The molecule has 1 atom stereocenters. The topological polar surface area (TPSA) is 47.6 Å². The largest absolute Gasteiger partial charge is 0.349 e. The van der Waals surface area contributed by atoms with Gasteiger partial charge in [-0.3, -0.25) is 4.79 Å². The van der Waals surface area contributed by atoms with Gasteiger partial charge in [-0.1, -0.05) is 27.5 Å². The quantitative estimate of drug-likeness (QED) is 0.913. The summed E-state index contributed by atoms with van der Waals surface area (Å²) in [5.41, 5.74) is 0.439. The van der Waals surface area contributed by atoms with Crippen molar-refractivity contribution in [3.63, 3.8) is 0 Å². The van der Waals surface area contributed by atoms with E-state index in [-0.39, 0.29) is 12.0 Å². The average Bonchev–Trinajstić information content (AvgIpc) is 2.69. The smallest absolute Gasteiger partial charge is 0.252 e. The van der Waals surface area contributed by atoms with Gasteiger partial charge in [0.2, 0.25) is 0 Å². The van der Waals surface area contributed by atoms with Crippen LogP contribution < -0.4 is 5.32 Å². The van der Waals surface area contributed by atoms with E-state index in [1.807, 2.05) is 13.8 Å². The summed E-state index contributed by atoms with van der Waals surface area (Å²) in [6.07, 6.45) is -0.134. The number of ether oxygens (including phenoxy) is 2. The van der Waals surface area contributed by atoms with Crippen LogP contribution in [0, 0.1) is 0 Å². The number of benzene rings is 1. The van der Waals surface area contributed by atoms with Gasteiger partial charge in [-0.15, -0.1) is 0 Å². The van der Waals surface area contributed by atoms with Crippen molar-refractivity contribution in [3.05, 3.63) is 33.3 Å². The Balaban J connectivity index is 1.93. The molecule has 0 spiro atoms. The van der Waals surface area contributed by atoms with Crippen molar-refractivity contribution in [2.75, 3.05) is 13.2 Å². The van der Waals surface area contributed by atoms with Crippen LogP contribution in [0.3, 0.4) is 0 Å². The Labute approximate surface area is 125 Å². The number of nitrogens with one attached hydrogen (secondary N) is 1. The van der Waals surface area contributed by atoms with Crippen LogP contribution in [-0.2, 0) is 9.47 Å². The molecule has 1 heterocycles. The summed E-state index contributed by atoms with van der Waals surface area (Å²) in [5.74, 6) is -0.803. The third kappa shape index (κ3) is 3.92. The van der Waals surface area contributed by atoms with Gasteiger partial charge in [-0.2, -0.15) is 0 Å². The van der Waals surface area contributed by atoms with Gasteiger partial charge in [0.1, 0.15) is 6.10 Å². The number of halogens is 2. The summed E-state index contributed by atoms with van der Waals surface area (Å²) < 4.78 is 11.8. The molecule has 19 heavy (non-hydrogen) atoms. The minimum Gasteiger partial charge on any atom is -0.349 e. The van der Waals surface area contributed by atoms with Gasteiger partial charge >= 0.3 is 0 Å². The number of carbonyl (C=O) groups excluding carboxylic acids is 1. The molecule has 1 aliphatic heterocycles. The maximum Gasteiger partial charge on any atom is 0.252 e. The van der Waals surface area contributed by atoms with Crippen LogP contribution in [0.25, 0.3) is 0 Å². The summed E-state index contributed by atoms with van der Waals surface area (Å²) in [6, 6.07) is 5.15. The molecule has 0 aromatic heterocycles. The van der Waals surface area contributed by atoms with Crippen LogP contribution in [0.15, 0.2) is 22.7 Å². The lowest BCUT2D eigenvalue weighted by atomic mass is 10.2. The summed E-state index contributed by atoms with van der Waals surface area (Å²) in [5, 5.41) is 3.22. The van der Waals surface area contributed by atoms with E-state index >= 15 is 0 Å². The molecule has 2 rings (SSSR count). The Morgan fingerprint density at radius 3 is 2.95 bits per heavy atom. The van der Waals surface area contributed by atoms with Crippen molar-refractivity contribution in [3.8, 4) is 0 Å². The Hall–Kier alpha value is -0.620. The molecule has 0 bridgehead atoms. The van der Waals surface area contributed by atoms with Crippen LogP contribution in [0.5, 0.6) is 0 Å². The minimum absolute atomic E-state index is 0.134. The molecular weight excluding hydrogens is 334 g/mol. The molecule has 1 aliphatic rings. The zero-order valence-corrected chi connectivity index (χ0v) is 13.0. The number of carbonyl (C=O) groups is 1. The van der Waals surface area contributed by atoms with Crippen molar-refractivity contribution < 1.29 is 14.3 Å². The molecule has 0 saturated carbocycles. The monoisotopic (exact) mass is 347 g/mol. The van der Waals surface area contributed by atoms with Crippen LogP contribution in [0.4, 0.5) is 0 Å². The molecule has 1 fully saturated rings. The second-order valence-electron chi connectivity index (χ2n) is 4.78. The normalized spacial score (nSPS) is 21.4. The summed E-state index contributed by atoms with van der Waals surface area (Å²) >= 11 is 9.31. The maximum atomic E-state index is 12.0. The fourth-order valence-electron chi connectivity index (χ4n) is 1.84. The van der Waals surface area contributed by atoms with Gasteiger partial charge in [0.25, 0.3) is 5.91 Å². The fourth-order valence-corrected chi connectivity index (χ4v) is 2.40. The third-order valence-corrected chi connectivity index (χ3v) is 3.55. The highest BCUT2D eigenvalue weighted by molar-refractivity contribution is 9.10. The Morgan fingerprint density at radius 1 is 1.58 bits per heavy atom. The molecule has 1 aromatic rings. The van der Waals surface area contributed by atoms with Crippen molar-refractivity contribution in [1.29, 1.82) is 0 Å². The van der Waals surface area contributed by atoms with Crippen molar-refractivity contribution in [2.24, 2.45) is 0 Å². The molecule has 1 amide bonds. The van der Waals surface area contributed by atoms with Gasteiger partial charge in [-0.05, 0) is 32.0 Å². The minimum atomic E-state index is -0.581. The van der Waals surface area contributed by atoms with E-state index in [1.165, 1.54) is 0 Å². The van der Waals surface area contributed by atoms with E-state index in [0.29, 0.717) is 23.7 Å². The number of rotatable bonds is 3. The summed E-state index contributed by atoms with van der Waals surface area (Å²) in [6.45, 7) is 4.56. The second kappa shape index (κ2) is 5.79. The van der Waals surface area contributed by atoms with E-state index < -0.39 is 5.79 Å². The Bertz CT molecular complexity index is 493. The Kier molecular flexibility index (Phi) is 4.50. The average molecular weight is 349 g/mol. The standard InChI is InChI=1S/C13H15BrClNO3/c1-13(2)18-7-9(19-13)6-16-12(17)10-5-8(14)3-4-11(10)15/h3-5,9H,6-7H2,1-2H3,(H,16,17). The molecule has 1 N–H and O–H groups in total. The lowest BCUT2D eigenvalue weighted by Crippen LogP contribution is -2.34. The molecule has 1 unspecified atom stereocenters. The highest BCUT2D eigenvalue weighted by Gasteiger charge is 2.32. The highest BCUT2D eigenvalue weighted by atomic mass is 79.9. The first-order valence-corrected chi connectivity index (χ1v) is 7.09. The van der Waals surface area contributed by atoms with Crippen molar-refractivity contribution in [2.45, 2.75) is 25.7 Å². The molecule has 0 radical (unpaired) electrons. The lowest BCUT2D eigenvalue weighted by molar-refractivity contribution is -0.137. The van der Waals surface area contributed by atoms with E-state index in [2.05, 4.69) is 21.2 Å². The van der Waals surface area contributed by atoms with Crippen LogP contribution in [-0.4, -0.2) is 30.9 Å². The second-order valence-corrected chi connectivity index (χ2v) is 6.11. The number of amides is 1. The zero-order chi connectivity index (χ0) is 14.0.